The molecule has 0 heterocycles. The van der Waals surface area contributed by atoms with Gasteiger partial charge < -0.3 is 9.84 Å². The lowest BCUT2D eigenvalue weighted by molar-refractivity contribution is -0.217. The second kappa shape index (κ2) is 4.10. The topological polar surface area (TPSA) is 46.5 Å². The van der Waals surface area contributed by atoms with Crippen LogP contribution in [-0.4, -0.2) is 30.0 Å². The first-order valence-electron chi connectivity index (χ1n) is 2.92. The number of rotatable bonds is 3. The molecule has 0 aliphatic carbocycles. The first-order chi connectivity index (χ1) is 5.39. The van der Waals surface area contributed by atoms with E-state index < -0.39 is 18.2 Å². The molecule has 0 amide bonds. The predicted octanol–water partition coefficient (Wildman–Crippen LogP) is 0.639. The van der Waals surface area contributed by atoms with Crippen LogP contribution in [0, 0.1) is 0 Å². The Bertz CT molecular complexity index is 175. The van der Waals surface area contributed by atoms with E-state index in [9.17, 15) is 18.0 Å². The molecule has 0 spiro atoms. The van der Waals surface area contributed by atoms with E-state index in [-0.39, 0.29) is 6.61 Å². The highest BCUT2D eigenvalue weighted by Gasteiger charge is 2.44. The van der Waals surface area contributed by atoms with Crippen molar-refractivity contribution in [2.45, 2.75) is 12.3 Å². The lowest BCUT2D eigenvalue weighted by Crippen LogP contribution is -2.37. The molecule has 6 heteroatoms. The van der Waals surface area contributed by atoms with Crippen molar-refractivity contribution < 1.29 is 27.8 Å². The minimum Gasteiger partial charge on any atom is -0.459 e. The van der Waals surface area contributed by atoms with Gasteiger partial charge in [0.15, 0.2) is 0 Å². The molecular weight excluding hydrogens is 177 g/mol. The third-order valence-electron chi connectivity index (χ3n) is 0.877. The van der Waals surface area contributed by atoms with Crippen LogP contribution in [0.2, 0.25) is 0 Å². The smallest absolute Gasteiger partial charge is 0.425 e. The van der Waals surface area contributed by atoms with Gasteiger partial charge in [-0.3, -0.25) is 0 Å². The van der Waals surface area contributed by atoms with Gasteiger partial charge in [-0.15, -0.1) is 0 Å². The molecule has 0 aromatic heterocycles. The van der Waals surface area contributed by atoms with Crippen LogP contribution in [0.1, 0.15) is 0 Å². The molecule has 0 aliphatic heterocycles. The molecule has 0 bridgehead atoms. The van der Waals surface area contributed by atoms with Crippen LogP contribution < -0.4 is 0 Å². The second-order valence-electron chi connectivity index (χ2n) is 1.86. The molecule has 1 unspecified atom stereocenters. The van der Waals surface area contributed by atoms with Crippen molar-refractivity contribution in [3.8, 4) is 0 Å². The molecule has 0 saturated carbocycles. The monoisotopic (exact) mass is 184 g/mol. The molecule has 12 heavy (non-hydrogen) atoms. The zero-order valence-electron chi connectivity index (χ0n) is 5.97. The van der Waals surface area contributed by atoms with Crippen LogP contribution in [0.3, 0.4) is 0 Å². The van der Waals surface area contributed by atoms with E-state index in [4.69, 9.17) is 5.11 Å². The first kappa shape index (κ1) is 11.0. The van der Waals surface area contributed by atoms with E-state index >= 15 is 0 Å². The zero-order valence-corrected chi connectivity index (χ0v) is 5.97. The molecule has 0 saturated heterocycles. The standard InChI is InChI=1S/C6H7F3O3/c1-2-3-12-5(11)4(10)6(7,8)9/h2,4,10H,1,3H2. The van der Waals surface area contributed by atoms with E-state index in [1.165, 1.54) is 0 Å². The number of carbonyl (C=O) groups is 1. The number of aliphatic hydroxyl groups excluding tert-OH is 1. The van der Waals surface area contributed by atoms with Gasteiger partial charge in [0.2, 0.25) is 6.10 Å². The number of hydrogen-bond donors (Lipinski definition) is 1. The number of ether oxygens (including phenoxy) is 1. The number of aliphatic hydroxyl groups is 1. The van der Waals surface area contributed by atoms with Crippen molar-refractivity contribution >= 4 is 5.97 Å². The molecule has 0 aliphatic rings. The lowest BCUT2D eigenvalue weighted by atomic mass is 10.3. The van der Waals surface area contributed by atoms with Crippen LogP contribution in [0.15, 0.2) is 12.7 Å². The normalized spacial score (nSPS) is 13.7. The van der Waals surface area contributed by atoms with Crippen molar-refractivity contribution in [1.29, 1.82) is 0 Å². The van der Waals surface area contributed by atoms with Crippen LogP contribution >= 0.6 is 0 Å². The maximum Gasteiger partial charge on any atom is 0.425 e. The van der Waals surface area contributed by atoms with Gasteiger partial charge in [0, 0.05) is 0 Å². The van der Waals surface area contributed by atoms with Crippen LogP contribution in [0.25, 0.3) is 0 Å². The summed E-state index contributed by atoms with van der Waals surface area (Å²) in [6.45, 7) is 2.76. The van der Waals surface area contributed by atoms with E-state index in [1.54, 1.807) is 0 Å². The molecule has 0 aromatic carbocycles. The summed E-state index contributed by atoms with van der Waals surface area (Å²) >= 11 is 0. The number of alkyl halides is 3. The summed E-state index contributed by atoms with van der Waals surface area (Å²) in [5.74, 6) is -1.72. The highest BCUT2D eigenvalue weighted by Crippen LogP contribution is 2.20. The molecule has 0 radical (unpaired) electrons. The number of carbonyl (C=O) groups excluding carboxylic acids is 1. The van der Waals surface area contributed by atoms with Crippen molar-refractivity contribution in [1.82, 2.24) is 0 Å². The third kappa shape index (κ3) is 3.38. The van der Waals surface area contributed by atoms with Crippen molar-refractivity contribution in [2.75, 3.05) is 6.61 Å². The van der Waals surface area contributed by atoms with E-state index in [0.717, 1.165) is 6.08 Å². The molecule has 0 fully saturated rings. The Morgan fingerprint density at radius 1 is 1.67 bits per heavy atom. The average Bonchev–Trinajstić information content (AvgIpc) is 1.97. The molecule has 0 rings (SSSR count). The van der Waals surface area contributed by atoms with E-state index in [2.05, 4.69) is 11.3 Å². The fraction of sp³-hybridized carbons (Fsp3) is 0.500. The van der Waals surface area contributed by atoms with Crippen LogP contribution in [0.5, 0.6) is 0 Å². The molecule has 3 nitrogen and oxygen atoms in total. The average molecular weight is 184 g/mol. The van der Waals surface area contributed by atoms with Gasteiger partial charge in [-0.25, -0.2) is 4.79 Å². The van der Waals surface area contributed by atoms with Gasteiger partial charge in [-0.1, -0.05) is 12.7 Å². The summed E-state index contributed by atoms with van der Waals surface area (Å²) in [4.78, 5) is 10.3. The third-order valence-corrected chi connectivity index (χ3v) is 0.877. The number of hydrogen-bond acceptors (Lipinski definition) is 3. The molecule has 1 N–H and O–H groups in total. The minimum atomic E-state index is -4.97. The summed E-state index contributed by atoms with van der Waals surface area (Å²) in [6.07, 6.45) is -6.95. The Morgan fingerprint density at radius 3 is 2.50 bits per heavy atom. The van der Waals surface area contributed by atoms with Crippen LogP contribution in [-0.2, 0) is 9.53 Å². The van der Waals surface area contributed by atoms with Gasteiger partial charge in [-0.05, 0) is 0 Å². The molecular formula is C6H7F3O3. The summed E-state index contributed by atoms with van der Waals surface area (Å²) in [5, 5.41) is 8.25. The van der Waals surface area contributed by atoms with Crippen molar-refractivity contribution in [2.24, 2.45) is 0 Å². The van der Waals surface area contributed by atoms with Gasteiger partial charge in [0.05, 0.1) is 0 Å². The maximum absolute atomic E-state index is 11.6. The lowest BCUT2D eigenvalue weighted by Gasteiger charge is -2.12. The van der Waals surface area contributed by atoms with Gasteiger partial charge >= 0.3 is 12.1 Å². The minimum absolute atomic E-state index is 0.355. The van der Waals surface area contributed by atoms with Gasteiger partial charge in [-0.2, -0.15) is 13.2 Å². The summed E-state index contributed by atoms with van der Waals surface area (Å²) < 4.78 is 38.6. The van der Waals surface area contributed by atoms with E-state index in [1.807, 2.05) is 0 Å². The highest BCUT2D eigenvalue weighted by molar-refractivity contribution is 5.75. The Kier molecular flexibility index (Phi) is 3.75. The van der Waals surface area contributed by atoms with Crippen LogP contribution in [0.4, 0.5) is 13.2 Å². The summed E-state index contributed by atoms with van der Waals surface area (Å²) in [5.41, 5.74) is 0. The highest BCUT2D eigenvalue weighted by atomic mass is 19.4. The Hall–Kier alpha value is -1.04. The quantitative estimate of drug-likeness (QED) is 0.517. The SMILES string of the molecule is C=CCOC(=O)C(O)C(F)(F)F. The largest absolute Gasteiger partial charge is 0.459 e. The predicted molar refractivity (Wildman–Crippen MR) is 33.2 cm³/mol. The van der Waals surface area contributed by atoms with Crippen molar-refractivity contribution in [3.63, 3.8) is 0 Å². The number of halogens is 3. The van der Waals surface area contributed by atoms with Gasteiger partial charge in [0.1, 0.15) is 6.61 Å². The fourth-order valence-corrected chi connectivity index (χ4v) is 0.354. The molecule has 0 aromatic rings. The molecule has 1 atom stereocenters. The second-order valence-corrected chi connectivity index (χ2v) is 1.86. The fourth-order valence-electron chi connectivity index (χ4n) is 0.354. The number of esters is 1. The van der Waals surface area contributed by atoms with Gasteiger partial charge in [0.25, 0.3) is 0 Å². The Morgan fingerprint density at radius 2 is 2.17 bits per heavy atom. The Balaban J connectivity index is 4.02. The van der Waals surface area contributed by atoms with Crippen molar-refractivity contribution in [3.05, 3.63) is 12.7 Å². The van der Waals surface area contributed by atoms with E-state index in [0.29, 0.717) is 0 Å². The first-order valence-corrected chi connectivity index (χ1v) is 2.92. The Labute approximate surface area is 66.4 Å². The molecule has 70 valence electrons. The maximum atomic E-state index is 11.6. The zero-order chi connectivity index (χ0) is 9.78. The summed E-state index contributed by atoms with van der Waals surface area (Å²) in [7, 11) is 0. The summed E-state index contributed by atoms with van der Waals surface area (Å²) in [6, 6.07) is 0.